The first-order valence-electron chi connectivity index (χ1n) is 10.2. The van der Waals surface area contributed by atoms with Crippen molar-refractivity contribution >= 4 is 17.4 Å². The van der Waals surface area contributed by atoms with E-state index in [0.29, 0.717) is 30.8 Å². The van der Waals surface area contributed by atoms with Gasteiger partial charge in [-0.25, -0.2) is 0 Å². The number of phenolic OH excluding ortho intramolecular Hbond substituents is 1. The molecule has 1 heterocycles. The van der Waals surface area contributed by atoms with Crippen LogP contribution >= 0.6 is 0 Å². The number of benzene rings is 2. The lowest BCUT2D eigenvalue weighted by Crippen LogP contribution is -2.31. The van der Waals surface area contributed by atoms with Gasteiger partial charge in [0.15, 0.2) is 11.5 Å². The number of ether oxygens (including phenoxy) is 2. The minimum atomic E-state index is -0.807. The van der Waals surface area contributed by atoms with Gasteiger partial charge in [-0.15, -0.1) is 0 Å². The fraction of sp³-hybridized carbons (Fsp3) is 0.333. The van der Waals surface area contributed by atoms with Crippen LogP contribution in [0.3, 0.4) is 0 Å². The van der Waals surface area contributed by atoms with E-state index < -0.39 is 17.7 Å². The Morgan fingerprint density at radius 2 is 1.84 bits per heavy atom. The first-order valence-corrected chi connectivity index (χ1v) is 10.2. The van der Waals surface area contributed by atoms with Gasteiger partial charge in [0, 0.05) is 25.8 Å². The van der Waals surface area contributed by atoms with E-state index in [4.69, 9.17) is 9.47 Å². The lowest BCUT2D eigenvalue weighted by Gasteiger charge is -2.25. The third-order valence-electron chi connectivity index (χ3n) is 5.21. The maximum Gasteiger partial charge on any atom is 0.295 e. The molecule has 31 heavy (non-hydrogen) atoms. The summed E-state index contributed by atoms with van der Waals surface area (Å²) in [5.74, 6) is -1.45. The largest absolute Gasteiger partial charge is 0.507 e. The number of carbonyl (C=O) groups is 2. The summed E-state index contributed by atoms with van der Waals surface area (Å²) in [6, 6.07) is 10.9. The summed E-state index contributed by atoms with van der Waals surface area (Å²) in [7, 11) is 1.57. The molecule has 1 saturated heterocycles. The number of hydrogen-bond donors (Lipinski definition) is 2. The van der Waals surface area contributed by atoms with Crippen molar-refractivity contribution < 1.29 is 29.3 Å². The highest BCUT2D eigenvalue weighted by molar-refractivity contribution is 6.46. The van der Waals surface area contributed by atoms with E-state index in [-0.39, 0.29) is 29.4 Å². The normalized spacial score (nSPS) is 17.9. The molecule has 3 rings (SSSR count). The van der Waals surface area contributed by atoms with Crippen LogP contribution in [0.2, 0.25) is 0 Å². The van der Waals surface area contributed by atoms with Gasteiger partial charge >= 0.3 is 0 Å². The molecule has 0 saturated carbocycles. The number of hydrogen-bond acceptors (Lipinski definition) is 6. The van der Waals surface area contributed by atoms with E-state index in [0.717, 1.165) is 5.56 Å². The smallest absolute Gasteiger partial charge is 0.295 e. The first kappa shape index (κ1) is 22.4. The Morgan fingerprint density at radius 3 is 2.48 bits per heavy atom. The van der Waals surface area contributed by atoms with Gasteiger partial charge in [-0.05, 0) is 38.0 Å². The lowest BCUT2D eigenvalue weighted by atomic mass is 9.94. The number of aromatic hydroxyl groups is 1. The van der Waals surface area contributed by atoms with E-state index in [2.05, 4.69) is 0 Å². The molecule has 1 aliphatic heterocycles. The number of nitrogens with zero attached hydrogens (tertiary/aromatic N) is 1. The highest BCUT2D eigenvalue weighted by atomic mass is 16.5. The summed E-state index contributed by atoms with van der Waals surface area (Å²) >= 11 is 0. The Labute approximate surface area is 181 Å². The molecule has 0 aliphatic carbocycles. The highest BCUT2D eigenvalue weighted by Gasteiger charge is 2.46. The maximum atomic E-state index is 13.0. The third kappa shape index (κ3) is 4.56. The molecule has 164 valence electrons. The van der Waals surface area contributed by atoms with Crippen LogP contribution in [0.1, 0.15) is 36.1 Å². The number of aliphatic hydroxyl groups excluding tert-OH is 1. The van der Waals surface area contributed by atoms with Crippen molar-refractivity contribution in [3.63, 3.8) is 0 Å². The molecule has 2 aromatic carbocycles. The minimum absolute atomic E-state index is 0.0133. The quantitative estimate of drug-likeness (QED) is 0.291. The number of aliphatic hydroxyl groups is 1. The molecule has 7 nitrogen and oxygen atoms in total. The van der Waals surface area contributed by atoms with E-state index in [1.165, 1.54) is 11.0 Å². The predicted octanol–water partition coefficient (Wildman–Crippen LogP) is 3.56. The fourth-order valence-corrected chi connectivity index (χ4v) is 3.68. The maximum absolute atomic E-state index is 13.0. The second-order valence-electron chi connectivity index (χ2n) is 7.37. The third-order valence-corrected chi connectivity index (χ3v) is 5.21. The summed E-state index contributed by atoms with van der Waals surface area (Å²) in [6.07, 6.45) is 0.529. The topological polar surface area (TPSA) is 96.3 Å². The molecule has 0 unspecified atom stereocenters. The van der Waals surface area contributed by atoms with Crippen LogP contribution in [0.4, 0.5) is 0 Å². The van der Waals surface area contributed by atoms with E-state index >= 15 is 0 Å². The molecule has 0 radical (unpaired) electrons. The van der Waals surface area contributed by atoms with E-state index in [1.807, 2.05) is 19.1 Å². The Kier molecular flexibility index (Phi) is 6.97. The second-order valence-corrected chi connectivity index (χ2v) is 7.37. The van der Waals surface area contributed by atoms with Gasteiger partial charge in [0.05, 0.1) is 18.2 Å². The van der Waals surface area contributed by atoms with Crippen LogP contribution in [0.15, 0.2) is 48.0 Å². The van der Waals surface area contributed by atoms with Crippen molar-refractivity contribution in [1.82, 2.24) is 4.90 Å². The molecule has 0 bridgehead atoms. The van der Waals surface area contributed by atoms with Crippen LogP contribution < -0.4 is 4.74 Å². The number of rotatable bonds is 8. The van der Waals surface area contributed by atoms with Gasteiger partial charge in [-0.3, -0.25) is 9.59 Å². The minimum Gasteiger partial charge on any atom is -0.507 e. The van der Waals surface area contributed by atoms with Crippen LogP contribution in [0, 0.1) is 6.92 Å². The molecule has 1 atom stereocenters. The van der Waals surface area contributed by atoms with Gasteiger partial charge in [-0.1, -0.05) is 35.9 Å². The monoisotopic (exact) mass is 425 g/mol. The summed E-state index contributed by atoms with van der Waals surface area (Å²) in [6.45, 7) is 4.76. The van der Waals surface area contributed by atoms with Gasteiger partial charge in [0.1, 0.15) is 5.76 Å². The van der Waals surface area contributed by atoms with Crippen molar-refractivity contribution in [2.75, 3.05) is 26.9 Å². The summed E-state index contributed by atoms with van der Waals surface area (Å²) in [4.78, 5) is 27.3. The van der Waals surface area contributed by atoms with Crippen LogP contribution in [-0.2, 0) is 14.3 Å². The number of aryl methyl sites for hydroxylation is 1. The molecule has 2 aromatic rings. The molecule has 1 fully saturated rings. The summed E-state index contributed by atoms with van der Waals surface area (Å²) in [5.41, 5.74) is 2.04. The van der Waals surface area contributed by atoms with Gasteiger partial charge < -0.3 is 24.6 Å². The average Bonchev–Trinajstić information content (AvgIpc) is 3.01. The number of phenols is 1. The van der Waals surface area contributed by atoms with Crippen molar-refractivity contribution in [2.45, 2.75) is 26.3 Å². The molecule has 1 amide bonds. The SMILES string of the molecule is CCOc1cc([C@H]2C(=C(O)c3ccc(C)cc3)C(=O)C(=O)N2CCCOC)ccc1O. The van der Waals surface area contributed by atoms with Crippen LogP contribution in [-0.4, -0.2) is 53.7 Å². The van der Waals surface area contributed by atoms with Crippen LogP contribution in [0.25, 0.3) is 5.76 Å². The van der Waals surface area contributed by atoms with Crippen molar-refractivity contribution in [1.29, 1.82) is 0 Å². The summed E-state index contributed by atoms with van der Waals surface area (Å²) < 4.78 is 10.6. The number of amides is 1. The number of likely N-dealkylation sites (tertiary alicyclic amines) is 1. The molecule has 1 aliphatic rings. The van der Waals surface area contributed by atoms with Gasteiger partial charge in [-0.2, -0.15) is 0 Å². The Bertz CT molecular complexity index is 996. The molecule has 2 N–H and O–H groups in total. The molecule has 0 spiro atoms. The van der Waals surface area contributed by atoms with Crippen molar-refractivity contribution in [3.05, 3.63) is 64.7 Å². The van der Waals surface area contributed by atoms with Crippen LogP contribution in [0.5, 0.6) is 11.5 Å². The van der Waals surface area contributed by atoms with E-state index in [9.17, 15) is 19.8 Å². The number of carbonyl (C=O) groups excluding carboxylic acids is 2. The Balaban J connectivity index is 2.14. The predicted molar refractivity (Wildman–Crippen MR) is 116 cm³/mol. The zero-order valence-corrected chi connectivity index (χ0v) is 17.9. The summed E-state index contributed by atoms with van der Waals surface area (Å²) in [5, 5.41) is 21.1. The number of methoxy groups -OCH3 is 1. The zero-order valence-electron chi connectivity index (χ0n) is 17.9. The standard InChI is InChI=1S/C24H27NO6/c1-4-31-19-14-17(10-11-18(19)26)21-20(22(27)16-8-6-15(2)7-9-16)23(28)24(29)25(21)12-5-13-30-3/h6-11,14,21,26-27H,4-5,12-13H2,1-3H3/t21-/m0/s1. The molecular formula is C24H27NO6. The van der Waals surface area contributed by atoms with E-state index in [1.54, 1.807) is 38.3 Å². The Hall–Kier alpha value is -3.32. The van der Waals surface area contributed by atoms with Crippen molar-refractivity contribution in [2.24, 2.45) is 0 Å². The zero-order chi connectivity index (χ0) is 22.5. The Morgan fingerprint density at radius 1 is 1.13 bits per heavy atom. The van der Waals surface area contributed by atoms with Crippen molar-refractivity contribution in [3.8, 4) is 11.5 Å². The number of Topliss-reactive ketones (excluding diaryl/α,β-unsaturated/α-hetero) is 1. The molecule has 0 aromatic heterocycles. The van der Waals surface area contributed by atoms with Gasteiger partial charge in [0.2, 0.25) is 0 Å². The molecule has 7 heteroatoms. The highest BCUT2D eigenvalue weighted by Crippen LogP contribution is 2.41. The fourth-order valence-electron chi connectivity index (χ4n) is 3.68. The molecular weight excluding hydrogens is 398 g/mol. The van der Waals surface area contributed by atoms with Gasteiger partial charge in [0.25, 0.3) is 11.7 Å². The first-order chi connectivity index (χ1) is 14.9. The number of ketones is 1. The second kappa shape index (κ2) is 9.66. The average molecular weight is 425 g/mol. The lowest BCUT2D eigenvalue weighted by molar-refractivity contribution is -0.140.